The van der Waals surface area contributed by atoms with Gasteiger partial charge in [0.05, 0.1) is 16.6 Å². The second-order valence-corrected chi connectivity index (χ2v) is 5.25. The van der Waals surface area contributed by atoms with Gasteiger partial charge in [-0.05, 0) is 44.4 Å². The molecule has 0 aliphatic carbocycles. The molecule has 1 aliphatic heterocycles. The molecule has 1 aliphatic rings. The Bertz CT molecular complexity index is 553. The predicted octanol–water partition coefficient (Wildman–Crippen LogP) is 2.03. The molecule has 0 saturated carbocycles. The fraction of sp³-hybridized carbons (Fsp3) is 0.500. The van der Waals surface area contributed by atoms with Crippen LogP contribution in [0.5, 0.6) is 0 Å². The normalized spacial score (nSPS) is 22.4. The van der Waals surface area contributed by atoms with E-state index in [-0.39, 0.29) is 11.7 Å². The molecular formula is C14H18N4O2. The van der Waals surface area contributed by atoms with E-state index in [1.165, 1.54) is 6.07 Å². The highest BCUT2D eigenvalue weighted by molar-refractivity contribution is 5.66. The van der Waals surface area contributed by atoms with Crippen LogP contribution >= 0.6 is 0 Å². The molecule has 2 unspecified atom stereocenters. The summed E-state index contributed by atoms with van der Waals surface area (Å²) in [5.41, 5.74) is 6.61. The summed E-state index contributed by atoms with van der Waals surface area (Å²) in [5.74, 6) is 0.362. The third kappa shape index (κ3) is 2.73. The number of nitrogens with two attached hydrogens (primary N) is 1. The summed E-state index contributed by atoms with van der Waals surface area (Å²) in [7, 11) is 0. The predicted molar refractivity (Wildman–Crippen MR) is 76.4 cm³/mol. The summed E-state index contributed by atoms with van der Waals surface area (Å²) in [6.07, 6.45) is 2.03. The van der Waals surface area contributed by atoms with Crippen molar-refractivity contribution >= 4 is 11.4 Å². The number of benzene rings is 1. The summed E-state index contributed by atoms with van der Waals surface area (Å²) < 4.78 is 0. The van der Waals surface area contributed by atoms with Crippen molar-refractivity contribution in [2.75, 3.05) is 18.0 Å². The van der Waals surface area contributed by atoms with Gasteiger partial charge in [-0.1, -0.05) is 0 Å². The number of nitro groups is 1. The smallest absolute Gasteiger partial charge is 0.293 e. The highest BCUT2D eigenvalue weighted by atomic mass is 16.6. The first-order chi connectivity index (χ1) is 9.56. The average Bonchev–Trinajstić information content (AvgIpc) is 2.47. The minimum atomic E-state index is -0.422. The number of anilines is 1. The minimum absolute atomic E-state index is 0.00595. The summed E-state index contributed by atoms with van der Waals surface area (Å²) >= 11 is 0. The lowest BCUT2D eigenvalue weighted by Gasteiger charge is -2.39. The summed E-state index contributed by atoms with van der Waals surface area (Å²) in [6.45, 7) is 3.38. The lowest BCUT2D eigenvalue weighted by Crippen LogP contribution is -2.44. The third-order valence-corrected chi connectivity index (χ3v) is 3.92. The molecule has 6 nitrogen and oxygen atoms in total. The Hall–Kier alpha value is -2.13. The zero-order valence-electron chi connectivity index (χ0n) is 11.5. The maximum Gasteiger partial charge on any atom is 0.293 e. The van der Waals surface area contributed by atoms with Crippen molar-refractivity contribution in [3.8, 4) is 6.07 Å². The van der Waals surface area contributed by atoms with Gasteiger partial charge >= 0.3 is 0 Å². The van der Waals surface area contributed by atoms with Crippen molar-refractivity contribution in [1.29, 1.82) is 5.26 Å². The van der Waals surface area contributed by atoms with Crippen molar-refractivity contribution in [3.63, 3.8) is 0 Å². The molecule has 0 amide bonds. The largest absolute Gasteiger partial charge is 0.363 e. The van der Waals surface area contributed by atoms with E-state index in [1.807, 2.05) is 11.0 Å². The molecule has 1 aromatic carbocycles. The van der Waals surface area contributed by atoms with E-state index in [0.29, 0.717) is 23.7 Å². The van der Waals surface area contributed by atoms with Gasteiger partial charge in [-0.2, -0.15) is 5.26 Å². The standard InChI is InChI=1S/C14H18N4O2/c1-10-2-3-12(8-16)9-17(10)13-5-4-11(7-15)6-14(13)18(19)20/h4-6,10,12H,2-3,8-9,16H2,1H3. The topological polar surface area (TPSA) is 96.2 Å². The Labute approximate surface area is 117 Å². The van der Waals surface area contributed by atoms with Crippen molar-refractivity contribution in [2.24, 2.45) is 11.7 Å². The van der Waals surface area contributed by atoms with Crippen LogP contribution in [0.15, 0.2) is 18.2 Å². The first-order valence-corrected chi connectivity index (χ1v) is 6.72. The lowest BCUT2D eigenvalue weighted by molar-refractivity contribution is -0.384. The van der Waals surface area contributed by atoms with E-state index in [0.717, 1.165) is 19.4 Å². The van der Waals surface area contributed by atoms with E-state index in [2.05, 4.69) is 6.92 Å². The molecule has 0 spiro atoms. The van der Waals surface area contributed by atoms with Gasteiger partial charge in [0.2, 0.25) is 0 Å². The Balaban J connectivity index is 2.40. The van der Waals surface area contributed by atoms with Crippen LogP contribution in [0.25, 0.3) is 0 Å². The molecule has 2 rings (SSSR count). The molecule has 0 bridgehead atoms. The molecule has 2 atom stereocenters. The summed E-state index contributed by atoms with van der Waals surface area (Å²) in [5, 5.41) is 20.1. The number of rotatable bonds is 3. The van der Waals surface area contributed by atoms with Gasteiger partial charge in [0.15, 0.2) is 0 Å². The molecule has 1 fully saturated rings. The number of nitriles is 1. The van der Waals surface area contributed by atoms with E-state index in [4.69, 9.17) is 11.0 Å². The Kier molecular flexibility index (Phi) is 4.20. The van der Waals surface area contributed by atoms with Gasteiger partial charge in [0.1, 0.15) is 5.69 Å². The SMILES string of the molecule is CC1CCC(CN)CN1c1ccc(C#N)cc1[N+](=O)[O-]. The quantitative estimate of drug-likeness (QED) is 0.672. The van der Waals surface area contributed by atoms with Crippen LogP contribution in [-0.2, 0) is 0 Å². The molecule has 1 heterocycles. The second-order valence-electron chi connectivity index (χ2n) is 5.25. The highest BCUT2D eigenvalue weighted by Gasteiger charge is 2.29. The van der Waals surface area contributed by atoms with Gasteiger partial charge < -0.3 is 10.6 Å². The van der Waals surface area contributed by atoms with Crippen LogP contribution in [0.1, 0.15) is 25.3 Å². The van der Waals surface area contributed by atoms with Crippen LogP contribution in [0.3, 0.4) is 0 Å². The molecule has 0 radical (unpaired) electrons. The fourth-order valence-corrected chi connectivity index (χ4v) is 2.69. The number of hydrogen-bond acceptors (Lipinski definition) is 5. The maximum absolute atomic E-state index is 11.2. The summed E-state index contributed by atoms with van der Waals surface area (Å²) in [6, 6.07) is 6.82. The highest BCUT2D eigenvalue weighted by Crippen LogP contribution is 2.34. The third-order valence-electron chi connectivity index (χ3n) is 3.92. The lowest BCUT2D eigenvalue weighted by atomic mass is 9.92. The van der Waals surface area contributed by atoms with Gasteiger partial charge in [-0.3, -0.25) is 10.1 Å². The van der Waals surface area contributed by atoms with Crippen molar-refractivity contribution in [1.82, 2.24) is 0 Å². The van der Waals surface area contributed by atoms with Crippen LogP contribution < -0.4 is 10.6 Å². The minimum Gasteiger partial charge on any atom is -0.363 e. The fourth-order valence-electron chi connectivity index (χ4n) is 2.69. The van der Waals surface area contributed by atoms with Crippen molar-refractivity contribution < 1.29 is 4.92 Å². The molecule has 0 aromatic heterocycles. The van der Waals surface area contributed by atoms with Crippen molar-refractivity contribution in [2.45, 2.75) is 25.8 Å². The zero-order chi connectivity index (χ0) is 14.7. The number of hydrogen-bond donors (Lipinski definition) is 1. The van der Waals surface area contributed by atoms with Gasteiger partial charge in [-0.15, -0.1) is 0 Å². The van der Waals surface area contributed by atoms with Crippen LogP contribution in [0.2, 0.25) is 0 Å². The van der Waals surface area contributed by atoms with Crippen LogP contribution in [-0.4, -0.2) is 24.1 Å². The maximum atomic E-state index is 11.2. The van der Waals surface area contributed by atoms with E-state index < -0.39 is 4.92 Å². The number of nitrogens with zero attached hydrogens (tertiary/aromatic N) is 3. The molecule has 106 valence electrons. The first-order valence-electron chi connectivity index (χ1n) is 6.72. The van der Waals surface area contributed by atoms with Gasteiger partial charge in [0, 0.05) is 18.7 Å². The van der Waals surface area contributed by atoms with E-state index in [9.17, 15) is 10.1 Å². The summed E-state index contributed by atoms with van der Waals surface area (Å²) in [4.78, 5) is 12.9. The Morgan fingerprint density at radius 2 is 2.30 bits per heavy atom. The molecule has 1 aromatic rings. The molecule has 6 heteroatoms. The number of nitro benzene ring substituents is 1. The number of piperidine rings is 1. The second kappa shape index (κ2) is 5.88. The molecule has 20 heavy (non-hydrogen) atoms. The Morgan fingerprint density at radius 3 is 2.90 bits per heavy atom. The van der Waals surface area contributed by atoms with Gasteiger partial charge in [0.25, 0.3) is 5.69 Å². The monoisotopic (exact) mass is 274 g/mol. The Morgan fingerprint density at radius 1 is 1.55 bits per heavy atom. The molecule has 1 saturated heterocycles. The molecule has 2 N–H and O–H groups in total. The average molecular weight is 274 g/mol. The van der Waals surface area contributed by atoms with Crippen LogP contribution in [0, 0.1) is 27.4 Å². The van der Waals surface area contributed by atoms with E-state index >= 15 is 0 Å². The molecular weight excluding hydrogens is 256 g/mol. The zero-order valence-corrected chi connectivity index (χ0v) is 11.5. The van der Waals surface area contributed by atoms with E-state index in [1.54, 1.807) is 12.1 Å². The van der Waals surface area contributed by atoms with Gasteiger partial charge in [-0.25, -0.2) is 0 Å². The van der Waals surface area contributed by atoms with Crippen LogP contribution in [0.4, 0.5) is 11.4 Å². The first kappa shape index (κ1) is 14.3. The van der Waals surface area contributed by atoms with Crippen molar-refractivity contribution in [3.05, 3.63) is 33.9 Å².